The molecule has 3 fully saturated rings. The summed E-state index contributed by atoms with van der Waals surface area (Å²) in [4.78, 5) is 37.0. The standard InChI is InChI=1S/C34H53N3O26S5/c1-15(38)36-23-29(60-34-31(63-68(54,55)56)27(45)26(44)30(61-34)32(46)47)28(62-67(51,52)53)21(14-58-66(48,49)50)59-33(23)57-13-20(40)25(43)24(42)19(39)12-35-16-5-4-6-17(11-16)37-22(41)8-3-2-7-18-9-10-64-65-18/h4-6,11,18-21,23-31,33-35,39-40,42-45H,2-3,7-10,12-14H2,1H3,(H,36,38)(H,37,41)(H,46,47)(H,48,49,50)(H,51,52,53)(H,54,55,56)/t18?,19-,20+,21+,23+,24+,25+,26-,27-,28-,29+,30-,31+,33-,34+/m0/s1. The Morgan fingerprint density at radius 3 is 2.09 bits per heavy atom. The fourth-order valence-corrected chi connectivity index (χ4v) is 11.3. The van der Waals surface area contributed by atoms with E-state index in [1.165, 1.54) is 6.07 Å². The third-order valence-corrected chi connectivity index (χ3v) is 14.5. The number of carboxylic acids is 1. The van der Waals surface area contributed by atoms with Crippen LogP contribution in [-0.4, -0.2) is 209 Å². The lowest BCUT2D eigenvalue weighted by molar-refractivity contribution is -0.336. The second-order valence-corrected chi connectivity index (χ2v) is 21.3. The number of hydrogen-bond acceptors (Lipinski definition) is 25. The monoisotopic (exact) mass is 1080 g/mol. The van der Waals surface area contributed by atoms with Gasteiger partial charge in [0.1, 0.15) is 54.9 Å². The van der Waals surface area contributed by atoms with Crippen LogP contribution in [0.3, 0.4) is 0 Å². The Labute approximate surface area is 396 Å². The molecule has 0 aromatic heterocycles. The number of benzene rings is 1. The van der Waals surface area contributed by atoms with Gasteiger partial charge in [-0.3, -0.25) is 23.2 Å². The molecule has 3 aliphatic rings. The molecule has 15 atom stereocenters. The van der Waals surface area contributed by atoms with Gasteiger partial charge >= 0.3 is 37.2 Å². The topological polar surface area (TPSA) is 457 Å². The van der Waals surface area contributed by atoms with Gasteiger partial charge in [0.25, 0.3) is 0 Å². The summed E-state index contributed by atoms with van der Waals surface area (Å²) in [5.41, 5.74) is 0.780. The van der Waals surface area contributed by atoms with E-state index in [0.29, 0.717) is 29.5 Å². The molecule has 34 heteroatoms. The van der Waals surface area contributed by atoms with E-state index in [2.05, 4.69) is 28.5 Å². The zero-order chi connectivity index (χ0) is 50.7. The number of rotatable bonds is 26. The number of anilines is 2. The zero-order valence-electron chi connectivity index (χ0n) is 35.4. The van der Waals surface area contributed by atoms with Crippen LogP contribution in [0.25, 0.3) is 0 Å². The Morgan fingerprint density at radius 2 is 1.49 bits per heavy atom. The molecule has 3 aliphatic heterocycles. The van der Waals surface area contributed by atoms with Crippen LogP contribution in [0.5, 0.6) is 0 Å². The van der Waals surface area contributed by atoms with Gasteiger partial charge in [0.15, 0.2) is 24.8 Å². The van der Waals surface area contributed by atoms with Crippen molar-refractivity contribution in [3.05, 3.63) is 24.3 Å². The number of aliphatic hydroxyl groups excluding tert-OH is 6. The first-order valence-corrected chi connectivity index (χ1v) is 26.6. The molecular formula is C34H53N3O26S5. The van der Waals surface area contributed by atoms with Gasteiger partial charge in [-0.2, -0.15) is 25.3 Å². The maximum atomic E-state index is 12.5. The fourth-order valence-electron chi connectivity index (χ4n) is 6.93. The van der Waals surface area contributed by atoms with Crippen LogP contribution in [0.1, 0.15) is 39.0 Å². The van der Waals surface area contributed by atoms with Gasteiger partial charge in [-0.05, 0) is 37.5 Å². The van der Waals surface area contributed by atoms with Gasteiger partial charge < -0.3 is 70.6 Å². The smallest absolute Gasteiger partial charge is 0.397 e. The van der Waals surface area contributed by atoms with Gasteiger partial charge in [0.05, 0.1) is 19.3 Å². The van der Waals surface area contributed by atoms with Crippen LogP contribution in [0.15, 0.2) is 24.3 Å². The molecule has 390 valence electrons. The largest absolute Gasteiger partial charge is 0.479 e. The number of ether oxygens (including phenoxy) is 4. The molecule has 0 spiro atoms. The predicted octanol–water partition coefficient (Wildman–Crippen LogP) is -3.45. The number of aliphatic carboxylic acids is 1. The van der Waals surface area contributed by atoms with Crippen molar-refractivity contribution < 1.29 is 121 Å². The summed E-state index contributed by atoms with van der Waals surface area (Å²) in [6, 6.07) is 4.17. The van der Waals surface area contributed by atoms with Crippen molar-refractivity contribution in [2.24, 2.45) is 0 Å². The summed E-state index contributed by atoms with van der Waals surface area (Å²) >= 11 is 0. The maximum Gasteiger partial charge on any atom is 0.397 e. The van der Waals surface area contributed by atoms with Crippen molar-refractivity contribution in [2.45, 2.75) is 130 Å². The van der Waals surface area contributed by atoms with E-state index in [4.69, 9.17) is 18.9 Å². The van der Waals surface area contributed by atoms with E-state index < -0.39 is 149 Å². The number of carbonyl (C=O) groups excluding carboxylic acids is 2. The van der Waals surface area contributed by atoms with E-state index in [1.807, 2.05) is 21.6 Å². The highest BCUT2D eigenvalue weighted by atomic mass is 33.1. The Hall–Kier alpha value is -2.66. The average Bonchev–Trinajstić information content (AvgIpc) is 3.76. The Kier molecular flexibility index (Phi) is 21.8. The van der Waals surface area contributed by atoms with Crippen molar-refractivity contribution in [1.82, 2.24) is 5.32 Å². The minimum absolute atomic E-state index is 0.213. The van der Waals surface area contributed by atoms with E-state index in [-0.39, 0.29) is 5.91 Å². The minimum atomic E-state index is -5.75. The van der Waals surface area contributed by atoms with E-state index in [1.54, 1.807) is 18.2 Å². The van der Waals surface area contributed by atoms with Gasteiger partial charge in [0, 0.05) is 42.3 Å². The SMILES string of the molecule is CC(=O)N[C@H]1[C@@H](OC[C@@H](O)[C@@H](O)[C@H](O)[C@@H](O)CNc2cccc(NC(=O)CCCCC3CCSS3)c2)O[C@H](COS(=O)(=O)O)[C@H](OS(=O)(=O)O)[C@@H]1O[C@@H]1O[C@H](C(=O)O)[C@@H](O)[C@H](O)[C@H]1OS(=O)(=O)O. The molecule has 68 heavy (non-hydrogen) atoms. The van der Waals surface area contributed by atoms with Crippen LogP contribution in [-0.2, 0) is 77.1 Å². The van der Waals surface area contributed by atoms with E-state index >= 15 is 0 Å². The Balaban J connectivity index is 1.51. The molecule has 29 nitrogen and oxygen atoms in total. The lowest BCUT2D eigenvalue weighted by Crippen LogP contribution is -2.69. The van der Waals surface area contributed by atoms with Gasteiger partial charge in [-0.25, -0.2) is 17.3 Å². The summed E-state index contributed by atoms with van der Waals surface area (Å²) in [5.74, 6) is -2.22. The molecule has 1 unspecified atom stereocenters. The van der Waals surface area contributed by atoms with Crippen LogP contribution in [0.2, 0.25) is 0 Å². The third-order valence-electron chi connectivity index (χ3n) is 10.1. The molecule has 4 rings (SSSR count). The number of carbonyl (C=O) groups is 3. The van der Waals surface area contributed by atoms with E-state index in [9.17, 15) is 89.0 Å². The zero-order valence-corrected chi connectivity index (χ0v) is 39.5. The van der Waals surface area contributed by atoms with Crippen molar-refractivity contribution in [2.75, 3.05) is 36.1 Å². The fraction of sp³-hybridized carbons (Fsp3) is 0.735. The van der Waals surface area contributed by atoms with Crippen LogP contribution < -0.4 is 16.0 Å². The Morgan fingerprint density at radius 1 is 0.838 bits per heavy atom. The second kappa shape index (κ2) is 25.6. The number of aliphatic hydroxyl groups is 6. The molecule has 2 amide bonds. The molecule has 0 radical (unpaired) electrons. The lowest BCUT2D eigenvalue weighted by atomic mass is 9.95. The quantitative estimate of drug-likeness (QED) is 0.0244. The predicted molar refractivity (Wildman–Crippen MR) is 230 cm³/mol. The van der Waals surface area contributed by atoms with Crippen molar-refractivity contribution >= 4 is 81.9 Å². The van der Waals surface area contributed by atoms with Crippen molar-refractivity contribution in [1.29, 1.82) is 0 Å². The van der Waals surface area contributed by atoms with Gasteiger partial charge in [0.2, 0.25) is 11.8 Å². The number of carboxylic acid groups (broad SMARTS) is 1. The summed E-state index contributed by atoms with van der Waals surface area (Å²) in [6.45, 7) is -2.32. The number of amides is 2. The number of hydrogen-bond donors (Lipinski definition) is 13. The molecule has 0 aliphatic carbocycles. The molecule has 3 heterocycles. The molecule has 1 aromatic rings. The third kappa shape index (κ3) is 18.5. The van der Waals surface area contributed by atoms with Crippen molar-refractivity contribution in [3.8, 4) is 0 Å². The average molecular weight is 1080 g/mol. The van der Waals surface area contributed by atoms with Gasteiger partial charge in [-0.1, -0.05) is 34.1 Å². The minimum Gasteiger partial charge on any atom is -0.479 e. The highest BCUT2D eigenvalue weighted by molar-refractivity contribution is 8.77. The number of nitrogens with one attached hydrogen (secondary N) is 3. The maximum absolute atomic E-state index is 12.5. The highest BCUT2D eigenvalue weighted by Crippen LogP contribution is 2.40. The van der Waals surface area contributed by atoms with Crippen LogP contribution in [0.4, 0.5) is 11.4 Å². The number of unbranched alkanes of at least 4 members (excludes halogenated alkanes) is 1. The van der Waals surface area contributed by atoms with Crippen LogP contribution in [0, 0.1) is 0 Å². The van der Waals surface area contributed by atoms with Crippen molar-refractivity contribution in [3.63, 3.8) is 0 Å². The molecule has 3 saturated heterocycles. The highest BCUT2D eigenvalue weighted by Gasteiger charge is 2.56. The Bertz CT molecular complexity index is 2170. The summed E-state index contributed by atoms with van der Waals surface area (Å²) < 4.78 is 134. The molecule has 0 saturated carbocycles. The first-order valence-electron chi connectivity index (χ1n) is 20.1. The first kappa shape index (κ1) is 57.9. The molecule has 1 aromatic carbocycles. The lowest BCUT2D eigenvalue weighted by Gasteiger charge is -2.48. The first-order chi connectivity index (χ1) is 31.6. The molecule has 13 N–H and O–H groups in total. The summed E-state index contributed by atoms with van der Waals surface area (Å²) in [5, 5.41) is 82.0. The second-order valence-electron chi connectivity index (χ2n) is 15.3. The van der Waals surface area contributed by atoms with E-state index in [0.717, 1.165) is 31.9 Å². The van der Waals surface area contributed by atoms with Gasteiger partial charge in [-0.15, -0.1) is 0 Å². The molecular weight excluding hydrogens is 1030 g/mol. The van der Waals surface area contributed by atoms with Crippen LogP contribution >= 0.6 is 21.6 Å². The summed E-state index contributed by atoms with van der Waals surface area (Å²) in [6.07, 6.45) is -27.0. The normalized spacial score (nSPS) is 29.9. The molecule has 0 bridgehead atoms. The summed E-state index contributed by atoms with van der Waals surface area (Å²) in [7, 11) is -13.2.